The average molecular weight is 335 g/mol. The van der Waals surface area contributed by atoms with Gasteiger partial charge in [0, 0.05) is 29.7 Å². The molecular formula is C20H21N3O2. The molecule has 0 aliphatic heterocycles. The molecule has 3 rings (SSSR count). The van der Waals surface area contributed by atoms with Gasteiger partial charge in [-0.05, 0) is 41.8 Å². The van der Waals surface area contributed by atoms with Crippen LogP contribution < -0.4 is 10.8 Å². The van der Waals surface area contributed by atoms with Crippen molar-refractivity contribution in [3.63, 3.8) is 0 Å². The van der Waals surface area contributed by atoms with Crippen LogP contribution in [0.15, 0.2) is 60.8 Å². The van der Waals surface area contributed by atoms with E-state index in [1.165, 1.54) is 28.1 Å². The number of carbonyl (C=O) groups excluding carboxylic acids is 1. The van der Waals surface area contributed by atoms with Crippen LogP contribution in [-0.2, 0) is 17.8 Å². The molecule has 0 aliphatic carbocycles. The number of hydrogen-bond donors (Lipinski definition) is 4. The Balaban J connectivity index is 1.47. The molecule has 0 unspecified atom stereocenters. The van der Waals surface area contributed by atoms with Crippen LogP contribution in [0.25, 0.3) is 17.0 Å². The first-order valence-electron chi connectivity index (χ1n) is 8.23. The zero-order valence-electron chi connectivity index (χ0n) is 13.8. The molecule has 5 heteroatoms. The fraction of sp³-hybridized carbons (Fsp3) is 0.150. The van der Waals surface area contributed by atoms with Gasteiger partial charge in [0.25, 0.3) is 5.91 Å². The maximum atomic E-state index is 10.9. The quantitative estimate of drug-likeness (QED) is 0.232. The Morgan fingerprint density at radius 2 is 1.92 bits per heavy atom. The van der Waals surface area contributed by atoms with Crippen molar-refractivity contribution in [3.05, 3.63) is 77.5 Å². The Morgan fingerprint density at radius 1 is 1.12 bits per heavy atom. The minimum atomic E-state index is -0.539. The summed E-state index contributed by atoms with van der Waals surface area (Å²) in [5.41, 5.74) is 6.16. The molecule has 0 atom stereocenters. The molecule has 1 amide bonds. The zero-order chi connectivity index (χ0) is 17.5. The first kappa shape index (κ1) is 17.0. The lowest BCUT2D eigenvalue weighted by molar-refractivity contribution is -0.124. The van der Waals surface area contributed by atoms with Gasteiger partial charge in [-0.25, -0.2) is 5.48 Å². The van der Waals surface area contributed by atoms with Gasteiger partial charge in [-0.15, -0.1) is 0 Å². The van der Waals surface area contributed by atoms with Crippen LogP contribution in [0.2, 0.25) is 0 Å². The molecule has 5 nitrogen and oxygen atoms in total. The Labute approximate surface area is 146 Å². The fourth-order valence-corrected chi connectivity index (χ4v) is 2.75. The summed E-state index contributed by atoms with van der Waals surface area (Å²) in [6, 6.07) is 16.3. The van der Waals surface area contributed by atoms with Crippen molar-refractivity contribution < 1.29 is 10.0 Å². The summed E-state index contributed by atoms with van der Waals surface area (Å²) in [6.07, 6.45) is 5.99. The molecule has 1 aromatic heterocycles. The average Bonchev–Trinajstić information content (AvgIpc) is 3.07. The summed E-state index contributed by atoms with van der Waals surface area (Å²) in [4.78, 5) is 14.2. The summed E-state index contributed by atoms with van der Waals surface area (Å²) in [6.45, 7) is 1.70. The highest BCUT2D eigenvalue weighted by Crippen LogP contribution is 2.17. The van der Waals surface area contributed by atoms with Gasteiger partial charge in [0.15, 0.2) is 0 Å². The minimum Gasteiger partial charge on any atom is -0.361 e. The largest absolute Gasteiger partial charge is 0.361 e. The molecule has 128 valence electrons. The van der Waals surface area contributed by atoms with Gasteiger partial charge >= 0.3 is 0 Å². The molecule has 0 aliphatic rings. The van der Waals surface area contributed by atoms with Crippen LogP contribution in [0.3, 0.4) is 0 Å². The van der Waals surface area contributed by atoms with E-state index in [1.54, 1.807) is 11.6 Å². The van der Waals surface area contributed by atoms with E-state index >= 15 is 0 Å². The van der Waals surface area contributed by atoms with E-state index in [2.05, 4.69) is 34.7 Å². The van der Waals surface area contributed by atoms with Crippen LogP contribution in [-0.4, -0.2) is 22.6 Å². The first-order chi connectivity index (χ1) is 12.3. The van der Waals surface area contributed by atoms with Crippen molar-refractivity contribution in [2.45, 2.75) is 13.0 Å². The van der Waals surface area contributed by atoms with Gasteiger partial charge in [0.1, 0.15) is 0 Å². The van der Waals surface area contributed by atoms with Crippen LogP contribution in [0.4, 0.5) is 0 Å². The topological polar surface area (TPSA) is 77.2 Å². The van der Waals surface area contributed by atoms with Crippen molar-refractivity contribution in [2.75, 3.05) is 6.54 Å². The number of rotatable bonds is 7. The molecule has 1 heterocycles. The van der Waals surface area contributed by atoms with Crippen molar-refractivity contribution in [1.29, 1.82) is 0 Å². The van der Waals surface area contributed by atoms with E-state index in [1.807, 2.05) is 30.3 Å². The van der Waals surface area contributed by atoms with Crippen LogP contribution in [0, 0.1) is 0 Å². The maximum absolute atomic E-state index is 10.9. The van der Waals surface area contributed by atoms with Gasteiger partial charge in [-0.2, -0.15) is 0 Å². The Hall–Kier alpha value is -2.89. The molecule has 0 radical (unpaired) electrons. The lowest BCUT2D eigenvalue weighted by atomic mass is 10.1. The Bertz CT molecular complexity index is 866. The number of hydrogen-bond acceptors (Lipinski definition) is 3. The van der Waals surface area contributed by atoms with Crippen LogP contribution >= 0.6 is 0 Å². The molecule has 0 fully saturated rings. The van der Waals surface area contributed by atoms with E-state index in [9.17, 15) is 4.79 Å². The molecule has 2 aromatic carbocycles. The van der Waals surface area contributed by atoms with Crippen molar-refractivity contribution in [2.24, 2.45) is 0 Å². The van der Waals surface area contributed by atoms with Gasteiger partial charge in [0.05, 0.1) is 0 Å². The molecule has 3 aromatic rings. The molecule has 0 saturated carbocycles. The molecule has 0 saturated heterocycles. The predicted molar refractivity (Wildman–Crippen MR) is 99.1 cm³/mol. The second-order valence-corrected chi connectivity index (χ2v) is 5.84. The summed E-state index contributed by atoms with van der Waals surface area (Å²) in [7, 11) is 0. The minimum absolute atomic E-state index is 0.539. The lowest BCUT2D eigenvalue weighted by Crippen LogP contribution is -2.16. The fourth-order valence-electron chi connectivity index (χ4n) is 2.75. The third kappa shape index (κ3) is 4.56. The van der Waals surface area contributed by atoms with Crippen LogP contribution in [0.5, 0.6) is 0 Å². The number of aromatic amines is 1. The van der Waals surface area contributed by atoms with Crippen molar-refractivity contribution >= 4 is 22.9 Å². The van der Waals surface area contributed by atoms with Crippen LogP contribution in [0.1, 0.15) is 16.7 Å². The normalized spacial score (nSPS) is 11.2. The third-order valence-corrected chi connectivity index (χ3v) is 4.09. The SMILES string of the molecule is O=C(C=Cc1ccc(CNCCc2c[nH]c3ccccc23)cc1)NO. The number of H-pyrrole nitrogens is 1. The summed E-state index contributed by atoms with van der Waals surface area (Å²) in [5, 5.41) is 13.2. The van der Waals surface area contributed by atoms with E-state index in [0.29, 0.717) is 0 Å². The maximum Gasteiger partial charge on any atom is 0.267 e. The van der Waals surface area contributed by atoms with E-state index in [-0.39, 0.29) is 0 Å². The van der Waals surface area contributed by atoms with E-state index in [4.69, 9.17) is 5.21 Å². The first-order valence-corrected chi connectivity index (χ1v) is 8.23. The molecule has 0 bridgehead atoms. The number of hydroxylamine groups is 1. The van der Waals surface area contributed by atoms with Gasteiger partial charge in [-0.3, -0.25) is 10.0 Å². The Morgan fingerprint density at radius 3 is 2.72 bits per heavy atom. The number of para-hydroxylation sites is 1. The van der Waals surface area contributed by atoms with Gasteiger partial charge in [-0.1, -0.05) is 42.5 Å². The second kappa shape index (κ2) is 8.28. The number of amides is 1. The molecule has 0 spiro atoms. The number of nitrogens with one attached hydrogen (secondary N) is 3. The third-order valence-electron chi connectivity index (χ3n) is 4.09. The number of fused-ring (bicyclic) bond motifs is 1. The van der Waals surface area contributed by atoms with Gasteiger partial charge in [0.2, 0.25) is 0 Å². The highest BCUT2D eigenvalue weighted by molar-refractivity contribution is 5.90. The molecule has 25 heavy (non-hydrogen) atoms. The smallest absolute Gasteiger partial charge is 0.267 e. The second-order valence-electron chi connectivity index (χ2n) is 5.84. The summed E-state index contributed by atoms with van der Waals surface area (Å²) < 4.78 is 0. The lowest BCUT2D eigenvalue weighted by Gasteiger charge is -2.05. The van der Waals surface area contributed by atoms with Gasteiger partial charge < -0.3 is 10.3 Å². The predicted octanol–water partition coefficient (Wildman–Crippen LogP) is 3.02. The number of carbonyl (C=O) groups is 1. The summed E-state index contributed by atoms with van der Waals surface area (Å²) >= 11 is 0. The van der Waals surface area contributed by atoms with Crippen molar-refractivity contribution in [3.8, 4) is 0 Å². The zero-order valence-corrected chi connectivity index (χ0v) is 13.8. The standard InChI is InChI=1S/C20H21N3O2/c24-20(23-25)10-9-15-5-7-16(8-6-15)13-21-12-11-17-14-22-19-4-2-1-3-18(17)19/h1-10,14,21-22,25H,11-13H2,(H,23,24). The highest BCUT2D eigenvalue weighted by Gasteiger charge is 2.02. The number of aromatic nitrogens is 1. The molecule has 4 N–H and O–H groups in total. The number of benzene rings is 2. The monoisotopic (exact) mass is 335 g/mol. The van der Waals surface area contributed by atoms with Crippen molar-refractivity contribution in [1.82, 2.24) is 15.8 Å². The van der Waals surface area contributed by atoms with E-state index in [0.717, 1.165) is 25.1 Å². The van der Waals surface area contributed by atoms with E-state index < -0.39 is 5.91 Å². The molecular weight excluding hydrogens is 314 g/mol. The Kier molecular flexibility index (Phi) is 5.61. The summed E-state index contributed by atoms with van der Waals surface area (Å²) in [5.74, 6) is -0.539. The highest BCUT2D eigenvalue weighted by atomic mass is 16.5.